The number of hydrogen-bond acceptors (Lipinski definition) is 3. The number of benzene rings is 1. The van der Waals surface area contributed by atoms with Crippen LogP contribution in [0.25, 0.3) is 6.08 Å². The number of nitrogen functional groups attached to an aromatic ring is 1. The van der Waals surface area contributed by atoms with Crippen molar-refractivity contribution in [3.63, 3.8) is 0 Å². The van der Waals surface area contributed by atoms with Gasteiger partial charge in [-0.2, -0.15) is 0 Å². The van der Waals surface area contributed by atoms with E-state index in [1.165, 1.54) is 0 Å². The second-order valence-electron chi connectivity index (χ2n) is 2.96. The highest BCUT2D eigenvalue weighted by molar-refractivity contribution is 5.62. The van der Waals surface area contributed by atoms with Crippen molar-refractivity contribution in [2.75, 3.05) is 26.4 Å². The molecule has 0 atom stereocenters. The van der Waals surface area contributed by atoms with Crippen LogP contribution in [0.3, 0.4) is 0 Å². The summed E-state index contributed by atoms with van der Waals surface area (Å²) in [6.45, 7) is 0.831. The Balaban J connectivity index is 2.87. The van der Waals surface area contributed by atoms with Gasteiger partial charge in [0.2, 0.25) is 0 Å². The molecule has 1 rings (SSSR count). The van der Waals surface area contributed by atoms with Crippen LogP contribution in [0.15, 0.2) is 24.3 Å². The molecule has 3 heteroatoms. The highest BCUT2D eigenvalue weighted by atomic mass is 16.5. The topological polar surface area (TPSA) is 47.3 Å². The second kappa shape index (κ2) is 5.29. The number of nitrogens with one attached hydrogen (secondary N) is 1. The molecule has 0 radical (unpaired) electrons. The number of methoxy groups -OCH3 is 1. The molecule has 1 aromatic carbocycles. The average molecular weight is 192 g/mol. The summed E-state index contributed by atoms with van der Waals surface area (Å²) in [5.41, 5.74) is 7.43. The van der Waals surface area contributed by atoms with Crippen LogP contribution in [-0.2, 0) is 0 Å². The molecule has 0 aliphatic carbocycles. The van der Waals surface area contributed by atoms with Crippen molar-refractivity contribution in [3.8, 4) is 5.75 Å². The standard InChI is InChI=1S/C11H16N2O/c1-13-7-3-4-9-8-10(12)5-6-11(9)14-2/h3-6,8,13H,7,12H2,1-2H3. The Morgan fingerprint density at radius 1 is 1.50 bits per heavy atom. The quantitative estimate of drug-likeness (QED) is 0.711. The SMILES string of the molecule is CNCC=Cc1cc(N)ccc1OC. The van der Waals surface area contributed by atoms with Gasteiger partial charge in [-0.3, -0.25) is 0 Å². The molecular weight excluding hydrogens is 176 g/mol. The van der Waals surface area contributed by atoms with Gasteiger partial charge in [-0.15, -0.1) is 0 Å². The zero-order valence-corrected chi connectivity index (χ0v) is 8.58. The van der Waals surface area contributed by atoms with Gasteiger partial charge in [-0.05, 0) is 25.2 Å². The number of ether oxygens (including phenoxy) is 1. The summed E-state index contributed by atoms with van der Waals surface area (Å²) in [6, 6.07) is 5.59. The Kier molecular flexibility index (Phi) is 4.01. The number of rotatable bonds is 4. The zero-order valence-electron chi connectivity index (χ0n) is 8.58. The van der Waals surface area contributed by atoms with Gasteiger partial charge in [-0.1, -0.05) is 12.2 Å². The average Bonchev–Trinajstić information content (AvgIpc) is 2.19. The van der Waals surface area contributed by atoms with Crippen LogP contribution < -0.4 is 15.8 Å². The van der Waals surface area contributed by atoms with E-state index in [4.69, 9.17) is 10.5 Å². The third-order valence-corrected chi connectivity index (χ3v) is 1.87. The van der Waals surface area contributed by atoms with Crippen molar-refractivity contribution < 1.29 is 4.74 Å². The first-order chi connectivity index (χ1) is 6.77. The van der Waals surface area contributed by atoms with Gasteiger partial charge in [0.1, 0.15) is 5.75 Å². The summed E-state index contributed by atoms with van der Waals surface area (Å²) >= 11 is 0. The maximum atomic E-state index is 5.68. The first-order valence-corrected chi connectivity index (χ1v) is 4.52. The highest BCUT2D eigenvalue weighted by Gasteiger charge is 1.98. The predicted octanol–water partition coefficient (Wildman–Crippen LogP) is 1.51. The molecule has 0 bridgehead atoms. The Bertz CT molecular complexity index is 321. The lowest BCUT2D eigenvalue weighted by Crippen LogP contribution is -2.03. The first-order valence-electron chi connectivity index (χ1n) is 4.52. The molecule has 0 heterocycles. The minimum atomic E-state index is 0.745. The van der Waals surface area contributed by atoms with Gasteiger partial charge in [0, 0.05) is 17.8 Å². The molecule has 0 fully saturated rings. The van der Waals surface area contributed by atoms with Crippen LogP contribution in [0.4, 0.5) is 5.69 Å². The number of nitrogens with two attached hydrogens (primary N) is 1. The van der Waals surface area contributed by atoms with Crippen molar-refractivity contribution in [2.24, 2.45) is 0 Å². The fourth-order valence-electron chi connectivity index (χ4n) is 1.19. The van der Waals surface area contributed by atoms with E-state index in [1.807, 2.05) is 37.4 Å². The summed E-state index contributed by atoms with van der Waals surface area (Å²) in [4.78, 5) is 0. The molecule has 3 N–H and O–H groups in total. The normalized spacial score (nSPS) is 10.7. The van der Waals surface area contributed by atoms with E-state index in [0.29, 0.717) is 0 Å². The Morgan fingerprint density at radius 3 is 2.93 bits per heavy atom. The van der Waals surface area contributed by atoms with E-state index < -0.39 is 0 Å². The summed E-state index contributed by atoms with van der Waals surface area (Å²) in [5.74, 6) is 0.839. The van der Waals surface area contributed by atoms with Crippen LogP contribution in [0, 0.1) is 0 Å². The molecule has 14 heavy (non-hydrogen) atoms. The van der Waals surface area contributed by atoms with E-state index >= 15 is 0 Å². The molecule has 3 nitrogen and oxygen atoms in total. The zero-order chi connectivity index (χ0) is 10.4. The van der Waals surface area contributed by atoms with Crippen molar-refractivity contribution >= 4 is 11.8 Å². The molecule has 1 aromatic rings. The molecular formula is C11H16N2O. The monoisotopic (exact) mass is 192 g/mol. The highest BCUT2D eigenvalue weighted by Crippen LogP contribution is 2.22. The first kappa shape index (κ1) is 10.6. The largest absolute Gasteiger partial charge is 0.496 e. The lowest BCUT2D eigenvalue weighted by atomic mass is 10.1. The Hall–Kier alpha value is -1.48. The van der Waals surface area contributed by atoms with E-state index in [0.717, 1.165) is 23.5 Å². The van der Waals surface area contributed by atoms with E-state index in [2.05, 4.69) is 5.32 Å². The Labute approximate surface area is 84.6 Å². The van der Waals surface area contributed by atoms with Crippen molar-refractivity contribution in [3.05, 3.63) is 29.8 Å². The third-order valence-electron chi connectivity index (χ3n) is 1.87. The van der Waals surface area contributed by atoms with Crippen LogP contribution >= 0.6 is 0 Å². The van der Waals surface area contributed by atoms with Crippen molar-refractivity contribution in [1.82, 2.24) is 5.32 Å². The summed E-state index contributed by atoms with van der Waals surface area (Å²) in [7, 11) is 3.56. The third kappa shape index (κ3) is 2.78. The molecule has 0 saturated heterocycles. The van der Waals surface area contributed by atoms with Gasteiger partial charge in [0.05, 0.1) is 7.11 Å². The smallest absolute Gasteiger partial charge is 0.126 e. The molecule has 76 valence electrons. The lowest BCUT2D eigenvalue weighted by Gasteiger charge is -2.05. The number of anilines is 1. The summed E-state index contributed by atoms with van der Waals surface area (Å²) < 4.78 is 5.20. The van der Waals surface area contributed by atoms with Gasteiger partial charge in [0.25, 0.3) is 0 Å². The predicted molar refractivity (Wildman–Crippen MR) is 60.4 cm³/mol. The molecule has 0 spiro atoms. The van der Waals surface area contributed by atoms with E-state index in [-0.39, 0.29) is 0 Å². The number of hydrogen-bond donors (Lipinski definition) is 2. The van der Waals surface area contributed by atoms with Crippen LogP contribution in [-0.4, -0.2) is 20.7 Å². The second-order valence-corrected chi connectivity index (χ2v) is 2.96. The lowest BCUT2D eigenvalue weighted by molar-refractivity contribution is 0.414. The summed E-state index contributed by atoms with van der Waals surface area (Å²) in [5, 5.41) is 3.03. The summed E-state index contributed by atoms with van der Waals surface area (Å²) in [6.07, 6.45) is 4.02. The molecule has 0 aliphatic heterocycles. The van der Waals surface area contributed by atoms with E-state index in [1.54, 1.807) is 7.11 Å². The van der Waals surface area contributed by atoms with Gasteiger partial charge in [0.15, 0.2) is 0 Å². The fourth-order valence-corrected chi connectivity index (χ4v) is 1.19. The van der Waals surface area contributed by atoms with Gasteiger partial charge in [-0.25, -0.2) is 0 Å². The van der Waals surface area contributed by atoms with Crippen LogP contribution in [0.5, 0.6) is 5.75 Å². The van der Waals surface area contributed by atoms with Gasteiger partial charge < -0.3 is 15.8 Å². The number of likely N-dealkylation sites (N-methyl/N-ethyl adjacent to an activating group) is 1. The van der Waals surface area contributed by atoms with Crippen molar-refractivity contribution in [1.29, 1.82) is 0 Å². The fraction of sp³-hybridized carbons (Fsp3) is 0.273. The maximum absolute atomic E-state index is 5.68. The van der Waals surface area contributed by atoms with Crippen molar-refractivity contribution in [2.45, 2.75) is 0 Å². The van der Waals surface area contributed by atoms with Crippen LogP contribution in [0.2, 0.25) is 0 Å². The minimum absolute atomic E-state index is 0.745. The molecule has 0 saturated carbocycles. The molecule has 0 unspecified atom stereocenters. The van der Waals surface area contributed by atoms with E-state index in [9.17, 15) is 0 Å². The molecule has 0 aliphatic rings. The Morgan fingerprint density at radius 2 is 2.29 bits per heavy atom. The maximum Gasteiger partial charge on any atom is 0.126 e. The van der Waals surface area contributed by atoms with Gasteiger partial charge >= 0.3 is 0 Å². The van der Waals surface area contributed by atoms with Crippen LogP contribution in [0.1, 0.15) is 5.56 Å². The molecule has 0 amide bonds. The molecule has 0 aromatic heterocycles. The minimum Gasteiger partial charge on any atom is -0.496 e.